The van der Waals surface area contributed by atoms with Gasteiger partial charge in [0.2, 0.25) is 11.8 Å². The van der Waals surface area contributed by atoms with Crippen molar-refractivity contribution in [3.8, 4) is 0 Å². The smallest absolute Gasteiger partial charge is 0.475 e. The second kappa shape index (κ2) is 8.19. The van der Waals surface area contributed by atoms with Crippen molar-refractivity contribution in [1.82, 2.24) is 15.1 Å². The molecule has 1 aliphatic carbocycles. The third kappa shape index (κ3) is 4.90. The average Bonchev–Trinajstić information content (AvgIpc) is 2.55. The Labute approximate surface area is 158 Å². The molecular formula is C16H23F4N3O5. The van der Waals surface area contributed by atoms with Crippen LogP contribution in [0, 0.1) is 5.92 Å². The number of morpholine rings is 1. The van der Waals surface area contributed by atoms with Crippen LogP contribution < -0.4 is 5.32 Å². The Balaban J connectivity index is 0.000000345. The molecule has 0 aromatic carbocycles. The third-order valence-corrected chi connectivity index (χ3v) is 5.11. The van der Waals surface area contributed by atoms with Gasteiger partial charge in [0.05, 0.1) is 19.7 Å². The fraction of sp³-hybridized carbons (Fsp3) is 0.812. The number of halogens is 4. The molecule has 1 spiro atoms. The molecule has 3 aliphatic rings. The Morgan fingerprint density at radius 2 is 1.71 bits per heavy atom. The maximum absolute atomic E-state index is 12.8. The van der Waals surface area contributed by atoms with Gasteiger partial charge in [-0.05, 0) is 19.9 Å². The standard InChI is InChI=1S/C14H22FN3O3.C2HF3O2/c1-16-12(19)11-5-21-14(6-17(11)2)7-18(8-14)13(20)9-3-10(15)4-9;3-2(4,5)1(6)7/h9-11H,3-8H2,1-2H3,(H,16,19);(H,6,7). The van der Waals surface area contributed by atoms with E-state index in [2.05, 4.69) is 5.32 Å². The van der Waals surface area contributed by atoms with Gasteiger partial charge in [0.25, 0.3) is 0 Å². The number of ether oxygens (including phenoxy) is 1. The molecule has 160 valence electrons. The van der Waals surface area contributed by atoms with Gasteiger partial charge in [0.15, 0.2) is 0 Å². The van der Waals surface area contributed by atoms with Crippen molar-refractivity contribution in [2.24, 2.45) is 5.92 Å². The van der Waals surface area contributed by atoms with E-state index < -0.39 is 18.3 Å². The molecule has 1 atom stereocenters. The highest BCUT2D eigenvalue weighted by molar-refractivity contribution is 5.82. The maximum atomic E-state index is 12.8. The summed E-state index contributed by atoms with van der Waals surface area (Å²) in [4.78, 5) is 36.4. The molecule has 0 radical (unpaired) electrons. The lowest BCUT2D eigenvalue weighted by molar-refractivity contribution is -0.204. The quantitative estimate of drug-likeness (QED) is 0.620. The van der Waals surface area contributed by atoms with E-state index in [0.29, 0.717) is 39.1 Å². The van der Waals surface area contributed by atoms with Crippen molar-refractivity contribution in [1.29, 1.82) is 0 Å². The van der Waals surface area contributed by atoms with E-state index in [1.807, 2.05) is 11.9 Å². The van der Waals surface area contributed by atoms with Crippen molar-refractivity contribution in [3.05, 3.63) is 0 Å². The summed E-state index contributed by atoms with van der Waals surface area (Å²) in [5, 5.41) is 9.75. The molecule has 0 bridgehead atoms. The van der Waals surface area contributed by atoms with Crippen LogP contribution in [0.2, 0.25) is 0 Å². The van der Waals surface area contributed by atoms with Gasteiger partial charge in [0, 0.05) is 19.5 Å². The number of nitrogens with one attached hydrogen (secondary N) is 1. The first-order chi connectivity index (χ1) is 12.9. The summed E-state index contributed by atoms with van der Waals surface area (Å²) in [5.74, 6) is -2.90. The lowest BCUT2D eigenvalue weighted by atomic mass is 9.80. The van der Waals surface area contributed by atoms with Crippen LogP contribution in [0.25, 0.3) is 0 Å². The maximum Gasteiger partial charge on any atom is 0.490 e. The lowest BCUT2D eigenvalue weighted by Crippen LogP contribution is -2.73. The Morgan fingerprint density at radius 1 is 1.18 bits per heavy atom. The molecule has 2 aliphatic heterocycles. The summed E-state index contributed by atoms with van der Waals surface area (Å²) in [6.45, 7) is 2.06. The Morgan fingerprint density at radius 3 is 2.11 bits per heavy atom. The number of nitrogens with zero attached hydrogens (tertiary/aromatic N) is 2. The molecule has 1 unspecified atom stereocenters. The second-order valence-electron chi connectivity index (χ2n) is 7.30. The van der Waals surface area contributed by atoms with Gasteiger partial charge < -0.3 is 20.1 Å². The molecule has 3 fully saturated rings. The minimum Gasteiger partial charge on any atom is -0.475 e. The van der Waals surface area contributed by atoms with E-state index in [1.165, 1.54) is 0 Å². The molecule has 2 amide bonds. The first kappa shape index (κ1) is 22.3. The van der Waals surface area contributed by atoms with E-state index in [1.54, 1.807) is 11.9 Å². The van der Waals surface area contributed by atoms with Gasteiger partial charge in [0.1, 0.15) is 17.8 Å². The number of amides is 2. The number of aliphatic carboxylic acids is 1. The summed E-state index contributed by atoms with van der Waals surface area (Å²) in [5.41, 5.74) is -0.353. The van der Waals surface area contributed by atoms with Crippen molar-refractivity contribution in [2.45, 2.75) is 36.8 Å². The zero-order valence-electron chi connectivity index (χ0n) is 15.5. The summed E-state index contributed by atoms with van der Waals surface area (Å²) in [6, 6.07) is -0.274. The van der Waals surface area contributed by atoms with Crippen LogP contribution in [0.1, 0.15) is 12.8 Å². The summed E-state index contributed by atoms with van der Waals surface area (Å²) < 4.78 is 50.4. The first-order valence-electron chi connectivity index (χ1n) is 8.67. The number of likely N-dealkylation sites (N-methyl/N-ethyl adjacent to an activating group) is 2. The van der Waals surface area contributed by atoms with Crippen molar-refractivity contribution < 1.29 is 41.8 Å². The topological polar surface area (TPSA) is 99.2 Å². The number of carboxylic acids is 1. The molecule has 3 rings (SSSR count). The second-order valence-corrected chi connectivity index (χ2v) is 7.30. The zero-order chi connectivity index (χ0) is 21.3. The number of hydrogen-bond donors (Lipinski definition) is 2. The van der Waals surface area contributed by atoms with E-state index in [-0.39, 0.29) is 29.4 Å². The number of likely N-dealkylation sites (tertiary alicyclic amines) is 1. The number of rotatable bonds is 2. The predicted molar refractivity (Wildman–Crippen MR) is 87.1 cm³/mol. The van der Waals surface area contributed by atoms with Crippen molar-refractivity contribution in [2.75, 3.05) is 40.3 Å². The lowest BCUT2D eigenvalue weighted by Gasteiger charge is -2.55. The van der Waals surface area contributed by atoms with Gasteiger partial charge in [-0.2, -0.15) is 13.2 Å². The van der Waals surface area contributed by atoms with Gasteiger partial charge in [-0.1, -0.05) is 0 Å². The van der Waals surface area contributed by atoms with Gasteiger partial charge >= 0.3 is 12.1 Å². The molecule has 8 nitrogen and oxygen atoms in total. The van der Waals surface area contributed by atoms with E-state index in [4.69, 9.17) is 14.6 Å². The highest BCUT2D eigenvalue weighted by Gasteiger charge is 2.52. The van der Waals surface area contributed by atoms with Crippen LogP contribution in [0.5, 0.6) is 0 Å². The van der Waals surface area contributed by atoms with Gasteiger partial charge in [-0.15, -0.1) is 0 Å². The molecular weight excluding hydrogens is 390 g/mol. The number of alkyl halides is 4. The van der Waals surface area contributed by atoms with E-state index >= 15 is 0 Å². The fourth-order valence-corrected chi connectivity index (χ4v) is 3.44. The minimum absolute atomic E-state index is 0.0502. The normalized spacial score (nSPS) is 29.1. The highest BCUT2D eigenvalue weighted by Crippen LogP contribution is 2.36. The van der Waals surface area contributed by atoms with Crippen LogP contribution in [0.4, 0.5) is 17.6 Å². The number of carboxylic acid groups (broad SMARTS) is 1. The predicted octanol–water partition coefficient (Wildman–Crippen LogP) is 0.0254. The number of hydrogen-bond acceptors (Lipinski definition) is 5. The largest absolute Gasteiger partial charge is 0.490 e. The van der Waals surface area contributed by atoms with Gasteiger partial charge in [-0.25, -0.2) is 9.18 Å². The molecule has 28 heavy (non-hydrogen) atoms. The van der Waals surface area contributed by atoms with Crippen LogP contribution >= 0.6 is 0 Å². The van der Waals surface area contributed by atoms with E-state index in [0.717, 1.165) is 0 Å². The Bertz CT molecular complexity index is 618. The molecule has 2 heterocycles. The Kier molecular flexibility index (Phi) is 6.54. The van der Waals surface area contributed by atoms with E-state index in [9.17, 15) is 27.2 Å². The monoisotopic (exact) mass is 413 g/mol. The molecule has 12 heteroatoms. The highest BCUT2D eigenvalue weighted by atomic mass is 19.4. The minimum atomic E-state index is -5.08. The molecule has 2 saturated heterocycles. The molecule has 0 aromatic heterocycles. The van der Waals surface area contributed by atoms with Crippen LogP contribution in [0.3, 0.4) is 0 Å². The van der Waals surface area contributed by atoms with Crippen LogP contribution in [0.15, 0.2) is 0 Å². The van der Waals surface area contributed by atoms with Crippen molar-refractivity contribution in [3.63, 3.8) is 0 Å². The SMILES string of the molecule is CNC(=O)C1COC2(CN(C(=O)C3CC(F)C3)C2)CN1C.O=C(O)C(F)(F)F. The zero-order valence-corrected chi connectivity index (χ0v) is 15.5. The van der Waals surface area contributed by atoms with Crippen LogP contribution in [-0.4, -0.2) is 97.0 Å². The molecule has 1 saturated carbocycles. The average molecular weight is 413 g/mol. The summed E-state index contributed by atoms with van der Waals surface area (Å²) in [7, 11) is 3.51. The number of carbonyl (C=O) groups excluding carboxylic acids is 2. The summed E-state index contributed by atoms with van der Waals surface area (Å²) >= 11 is 0. The Hall–Kier alpha value is -1.95. The number of carbonyl (C=O) groups is 3. The van der Waals surface area contributed by atoms with Crippen LogP contribution in [-0.2, 0) is 19.1 Å². The molecule has 2 N–H and O–H groups in total. The third-order valence-electron chi connectivity index (χ3n) is 5.11. The van der Waals surface area contributed by atoms with Gasteiger partial charge in [-0.3, -0.25) is 14.5 Å². The fourth-order valence-electron chi connectivity index (χ4n) is 3.44. The summed E-state index contributed by atoms with van der Waals surface area (Å²) in [6.07, 6.45) is -5.16. The first-order valence-corrected chi connectivity index (χ1v) is 8.67. The van der Waals surface area contributed by atoms with Crippen molar-refractivity contribution >= 4 is 17.8 Å². The molecule has 0 aromatic rings.